The molecule has 0 radical (unpaired) electrons. The van der Waals surface area contributed by atoms with Crippen molar-refractivity contribution in [1.82, 2.24) is 47.9 Å². The third-order valence-electron chi connectivity index (χ3n) is 20.8. The Labute approximate surface area is 841 Å². The number of unbranched alkanes of at least 4 members (excludes halogenated alkanes) is 7. The van der Waals surface area contributed by atoms with Gasteiger partial charge in [0, 0.05) is 109 Å². The highest BCUT2D eigenvalue weighted by Crippen LogP contribution is 2.32. The van der Waals surface area contributed by atoms with Crippen molar-refractivity contribution in [2.45, 2.75) is 296 Å². The maximum absolute atomic E-state index is 14.6. The lowest BCUT2D eigenvalue weighted by Crippen LogP contribution is -2.66. The third-order valence-corrected chi connectivity index (χ3v) is 20.8. The molecule has 3 aliphatic heterocycles. The molecule has 0 aromatic carbocycles. The lowest BCUT2D eigenvalue weighted by molar-refractivity contribution is -0.279. The fourth-order valence-corrected chi connectivity index (χ4v) is 14.5. The smallest absolute Gasteiger partial charge is 0.326 e. The molecule has 9 amide bonds. The zero-order chi connectivity index (χ0) is 107. The Balaban J connectivity index is 1.68. The monoisotopic (exact) mass is 2090 g/mol. The number of amides is 9. The van der Waals surface area contributed by atoms with Crippen LogP contribution in [0.3, 0.4) is 0 Å². The van der Waals surface area contributed by atoms with Gasteiger partial charge >= 0.3 is 59.7 Å². The third kappa shape index (κ3) is 59.1. The van der Waals surface area contributed by atoms with Crippen LogP contribution in [0.4, 0.5) is 0 Å². The van der Waals surface area contributed by atoms with Crippen molar-refractivity contribution in [2.75, 3.05) is 178 Å². The molecule has 3 saturated heterocycles. The van der Waals surface area contributed by atoms with Crippen molar-refractivity contribution < 1.29 is 210 Å². The number of hydrogen-bond acceptors (Lipinski definition) is 43. The summed E-state index contributed by atoms with van der Waals surface area (Å²) < 4.78 is 134. The molecule has 3 aliphatic rings. The number of carboxylic acids is 1. The number of hydrogen-bond donors (Lipinski definition) is 10. The minimum Gasteiger partial charge on any atom is -0.480 e. The Hall–Kier alpha value is -10.7. The second-order valence-electron chi connectivity index (χ2n) is 33.4. The van der Waals surface area contributed by atoms with Crippen molar-refractivity contribution in [1.29, 1.82) is 0 Å². The van der Waals surface area contributed by atoms with Crippen LogP contribution in [0, 0.1) is 0 Å². The zero-order valence-corrected chi connectivity index (χ0v) is 85.1. The van der Waals surface area contributed by atoms with Gasteiger partial charge in [0.2, 0.25) is 53.2 Å². The van der Waals surface area contributed by atoms with Gasteiger partial charge in [-0.3, -0.25) is 86.3 Å². The number of carbonyl (C=O) groups excluding carboxylic acids is 18. The van der Waals surface area contributed by atoms with Crippen LogP contribution in [0.5, 0.6) is 0 Å². The fraction of sp³-hybridized carbons (Fsp3) is 0.793. The molecule has 10 N–H and O–H groups in total. The minimum absolute atomic E-state index is 0.00799. The average Bonchev–Trinajstić information content (AvgIpc) is 0.794. The number of rotatable bonds is 78. The van der Waals surface area contributed by atoms with E-state index in [1.165, 1.54) is 20.8 Å². The molecule has 0 aromatic heterocycles. The van der Waals surface area contributed by atoms with Gasteiger partial charge in [0.05, 0.1) is 119 Å². The number of carboxylic acid groups (broad SMARTS) is 1. The molecular formula is C92H151N9O44. The van der Waals surface area contributed by atoms with Gasteiger partial charge in [0.1, 0.15) is 94.2 Å². The molecule has 0 spiro atoms. The fourth-order valence-electron chi connectivity index (χ4n) is 14.5. The second-order valence-corrected chi connectivity index (χ2v) is 33.4. The summed E-state index contributed by atoms with van der Waals surface area (Å²) >= 11 is 0. The van der Waals surface area contributed by atoms with Gasteiger partial charge in [0.25, 0.3) is 0 Å². The van der Waals surface area contributed by atoms with Crippen LogP contribution in [0.1, 0.15) is 186 Å². The van der Waals surface area contributed by atoms with Gasteiger partial charge in [-0.05, 0) is 64.2 Å². The van der Waals surface area contributed by atoms with Crippen LogP contribution in [0.15, 0.2) is 0 Å². The SMILES string of the molecule is CCCCCCCC(=O)NCCCC[C@H](NC(=O)[C@H](CCCCNC(=O)COCCOCCOCCO[C@@H]1O[C@H](COC(C)=O)[C@H](OC(C)=O)[C@H](OC(C)=O)[C@H]1NC(C)=O)NC(=O)[C@H](CCCCNC(=O)COCCOCCOCCO[C@@H]1O[C@H](COC(C)=O)[C@H](OC(C)=O)[C@H](OC(C)=O)[C@H]1NC(C)=O)NC(=O)COCCOCCOCCO[C@@H]1O[C@H](COC(C)=O)[C@H](OC(C)=O)[C@H](OC(C)=O)[C@H]1NC(C)=O)C(=O)O. The highest BCUT2D eigenvalue weighted by atomic mass is 16.7. The normalized spacial score (nSPS) is 21.2. The Morgan fingerprint density at radius 2 is 0.538 bits per heavy atom. The molecule has 0 saturated carbocycles. The van der Waals surface area contributed by atoms with Gasteiger partial charge in [0.15, 0.2) is 55.5 Å². The van der Waals surface area contributed by atoms with Gasteiger partial charge in [-0.15, -0.1) is 0 Å². The van der Waals surface area contributed by atoms with E-state index in [2.05, 4.69) is 54.8 Å². The molecule has 0 unspecified atom stereocenters. The first-order valence-electron chi connectivity index (χ1n) is 48.4. The molecule has 0 aromatic rings. The molecule has 3 heterocycles. The summed E-state index contributed by atoms with van der Waals surface area (Å²) in [5.74, 6) is -13.5. The van der Waals surface area contributed by atoms with E-state index in [1.54, 1.807) is 0 Å². The number of carbonyl (C=O) groups is 19. The second kappa shape index (κ2) is 76.0. The van der Waals surface area contributed by atoms with Crippen LogP contribution in [-0.4, -0.2) is 406 Å². The first-order valence-corrected chi connectivity index (χ1v) is 48.4. The van der Waals surface area contributed by atoms with E-state index < -0.39 is 243 Å². The van der Waals surface area contributed by atoms with E-state index >= 15 is 0 Å². The summed E-state index contributed by atoms with van der Waals surface area (Å²) in [7, 11) is 0. The van der Waals surface area contributed by atoms with E-state index in [0.717, 1.165) is 94.4 Å². The predicted molar refractivity (Wildman–Crippen MR) is 495 cm³/mol. The molecule has 828 valence electrons. The van der Waals surface area contributed by atoms with Crippen molar-refractivity contribution in [3.05, 3.63) is 0 Å². The van der Waals surface area contributed by atoms with Crippen LogP contribution >= 0.6 is 0 Å². The molecular weight excluding hydrogens is 1940 g/mol. The van der Waals surface area contributed by atoms with Crippen molar-refractivity contribution in [3.8, 4) is 0 Å². The largest absolute Gasteiger partial charge is 0.480 e. The highest BCUT2D eigenvalue weighted by molar-refractivity contribution is 5.93. The first-order chi connectivity index (χ1) is 69.2. The molecule has 18 atom stereocenters. The van der Waals surface area contributed by atoms with E-state index in [0.29, 0.717) is 12.8 Å². The van der Waals surface area contributed by atoms with E-state index in [-0.39, 0.29) is 209 Å². The van der Waals surface area contributed by atoms with Crippen LogP contribution in [0.25, 0.3) is 0 Å². The predicted octanol–water partition coefficient (Wildman–Crippen LogP) is -2.09. The van der Waals surface area contributed by atoms with Gasteiger partial charge in [-0.2, -0.15) is 0 Å². The van der Waals surface area contributed by atoms with Gasteiger partial charge in [-0.1, -0.05) is 32.6 Å². The molecule has 0 aliphatic carbocycles. The summed E-state index contributed by atoms with van der Waals surface area (Å²) in [4.78, 5) is 239. The van der Waals surface area contributed by atoms with Crippen molar-refractivity contribution in [3.63, 3.8) is 0 Å². The molecule has 0 bridgehead atoms. The lowest BCUT2D eigenvalue weighted by Gasteiger charge is -2.44. The lowest BCUT2D eigenvalue weighted by atomic mass is 9.96. The quantitative estimate of drug-likeness (QED) is 0.0177. The summed E-state index contributed by atoms with van der Waals surface area (Å²) in [6.45, 7) is 13.1. The Kier molecular flexibility index (Phi) is 67.3. The molecule has 53 heteroatoms. The van der Waals surface area contributed by atoms with Crippen LogP contribution in [0.2, 0.25) is 0 Å². The zero-order valence-electron chi connectivity index (χ0n) is 85.1. The summed E-state index contributed by atoms with van der Waals surface area (Å²) in [5, 5.41) is 34.4. The topological polar surface area (TPSA) is 674 Å². The van der Waals surface area contributed by atoms with Crippen molar-refractivity contribution in [2.24, 2.45) is 0 Å². The summed E-state index contributed by atoms with van der Waals surface area (Å²) in [6.07, 6.45) is -9.13. The first kappa shape index (κ1) is 128. The van der Waals surface area contributed by atoms with E-state index in [9.17, 15) is 96.2 Å². The van der Waals surface area contributed by atoms with Crippen LogP contribution in [-0.2, 0) is 205 Å². The van der Waals surface area contributed by atoms with Gasteiger partial charge in [-0.25, -0.2) is 4.79 Å². The molecule has 145 heavy (non-hydrogen) atoms. The summed E-state index contributed by atoms with van der Waals surface area (Å²) in [6, 6.07) is -7.81. The minimum atomic E-state index is -1.45. The maximum Gasteiger partial charge on any atom is 0.326 e. The van der Waals surface area contributed by atoms with Crippen molar-refractivity contribution >= 4 is 113 Å². The number of aliphatic carboxylic acids is 1. The van der Waals surface area contributed by atoms with E-state index in [1.807, 2.05) is 0 Å². The Bertz CT molecular complexity index is 3950. The molecule has 3 fully saturated rings. The van der Waals surface area contributed by atoms with E-state index in [4.69, 9.17) is 114 Å². The highest BCUT2D eigenvalue weighted by Gasteiger charge is 2.55. The average molecular weight is 2090 g/mol. The number of esters is 9. The number of ether oxygens (including phenoxy) is 24. The molecule has 53 nitrogen and oxygen atoms in total. The number of nitrogens with one attached hydrogen (secondary N) is 9. The summed E-state index contributed by atoms with van der Waals surface area (Å²) in [5.41, 5.74) is 0. The Morgan fingerprint density at radius 1 is 0.276 bits per heavy atom. The van der Waals surface area contributed by atoms with Gasteiger partial charge < -0.3 is 167 Å². The Morgan fingerprint density at radius 3 is 0.828 bits per heavy atom. The standard InChI is InChI=1S/C92H151N9O44/c1-14-15-16-17-18-28-74(114)93-29-24-21-27-70(89(120)121)101-88(119)69(26-20-23-31-95-76(116)54-129-42-39-123-33-36-126-45-48-132-91-79(97-57(3)103)85(141-66(12)112)82(138-63(9)109)72(144-91)51-135-60(6)106)100-87(118)68(99-77(117)55-130-43-40-124-34-37-127-46-49-133-92-80(98-58(4)104)86(142-67(13)113)83(139-64(10)110)73(145-92)52-136-61(7)107)25-19-22-30-94-75(115)53-128-41-38-122-32-35-125-44-47-131-90-78(96-56(2)102)84(140-65(11)111)81(137-62(8)108)71(143-90)50-134-59(5)105/h68-73,78-86,90-92H,14-55H2,1-13H3,(H,93,114)(H,94,115)(H,95,116)(H,96,102)(H,97,103)(H,98,104)(H,99,117)(H,100,118)(H,101,119)(H,120,121)/t68-,69-,70-,71+,72+,73+,78+,79+,80+,81-,82-,83-,84+,85+,86+,90+,91+,92+/m0/s1. The molecule has 3 rings (SSSR count). The maximum atomic E-state index is 14.6. The van der Waals surface area contributed by atoms with Crippen LogP contribution < -0.4 is 47.9 Å².